The minimum absolute atomic E-state index is 0.452. The van der Waals surface area contributed by atoms with Gasteiger partial charge in [-0.1, -0.05) is 49.6 Å². The standard InChI is InChI=1S/C18H32N2/c1-7-14(2)13-20(6)9-8-18(19-5)17-11-15(3)10-16(4)12-17/h10-12,14,18-19H,7-9,13H2,1-6H3. The van der Waals surface area contributed by atoms with Crippen LogP contribution in [0, 0.1) is 19.8 Å². The minimum atomic E-state index is 0.452. The van der Waals surface area contributed by atoms with Gasteiger partial charge in [0, 0.05) is 12.6 Å². The zero-order valence-corrected chi connectivity index (χ0v) is 14.2. The Hall–Kier alpha value is -0.860. The van der Waals surface area contributed by atoms with E-state index in [0.29, 0.717) is 6.04 Å². The van der Waals surface area contributed by atoms with E-state index in [4.69, 9.17) is 0 Å². The van der Waals surface area contributed by atoms with Crippen LogP contribution in [0.2, 0.25) is 0 Å². The molecule has 0 saturated carbocycles. The van der Waals surface area contributed by atoms with Gasteiger partial charge in [-0.15, -0.1) is 0 Å². The van der Waals surface area contributed by atoms with Crippen LogP contribution in [-0.2, 0) is 0 Å². The van der Waals surface area contributed by atoms with Crippen molar-refractivity contribution >= 4 is 0 Å². The Morgan fingerprint density at radius 1 is 1.15 bits per heavy atom. The highest BCUT2D eigenvalue weighted by molar-refractivity contribution is 5.30. The lowest BCUT2D eigenvalue weighted by molar-refractivity contribution is 0.268. The van der Waals surface area contributed by atoms with Gasteiger partial charge in [0.15, 0.2) is 0 Å². The highest BCUT2D eigenvalue weighted by Crippen LogP contribution is 2.20. The zero-order valence-electron chi connectivity index (χ0n) is 14.2. The summed E-state index contributed by atoms with van der Waals surface area (Å²) in [6, 6.07) is 7.31. The second kappa shape index (κ2) is 8.43. The number of rotatable bonds is 8. The summed E-state index contributed by atoms with van der Waals surface area (Å²) in [5.41, 5.74) is 4.13. The lowest BCUT2D eigenvalue weighted by atomic mass is 9.99. The third kappa shape index (κ3) is 5.64. The molecule has 0 aromatic heterocycles. The summed E-state index contributed by atoms with van der Waals surface area (Å²) in [6.45, 7) is 11.3. The quantitative estimate of drug-likeness (QED) is 0.774. The molecule has 1 aromatic carbocycles. The van der Waals surface area contributed by atoms with Crippen LogP contribution in [0.15, 0.2) is 18.2 Å². The van der Waals surface area contributed by atoms with Crippen molar-refractivity contribution in [3.05, 3.63) is 34.9 Å². The van der Waals surface area contributed by atoms with E-state index >= 15 is 0 Å². The van der Waals surface area contributed by atoms with Crippen molar-refractivity contribution in [3.63, 3.8) is 0 Å². The van der Waals surface area contributed by atoms with Gasteiger partial charge in [-0.25, -0.2) is 0 Å². The molecule has 2 heteroatoms. The molecule has 2 nitrogen and oxygen atoms in total. The van der Waals surface area contributed by atoms with Crippen LogP contribution in [-0.4, -0.2) is 32.1 Å². The number of hydrogen-bond acceptors (Lipinski definition) is 2. The molecule has 114 valence electrons. The molecule has 0 spiro atoms. The third-order valence-electron chi connectivity index (χ3n) is 4.11. The van der Waals surface area contributed by atoms with Crippen LogP contribution in [0.1, 0.15) is 49.4 Å². The highest BCUT2D eigenvalue weighted by atomic mass is 15.1. The lowest BCUT2D eigenvalue weighted by Crippen LogP contribution is -2.28. The molecule has 0 amide bonds. The van der Waals surface area contributed by atoms with Crippen molar-refractivity contribution in [1.82, 2.24) is 10.2 Å². The fraction of sp³-hybridized carbons (Fsp3) is 0.667. The van der Waals surface area contributed by atoms with Gasteiger partial charge in [-0.05, 0) is 52.4 Å². The van der Waals surface area contributed by atoms with Crippen LogP contribution in [0.4, 0.5) is 0 Å². The predicted molar refractivity (Wildman–Crippen MR) is 89.3 cm³/mol. The van der Waals surface area contributed by atoms with Crippen molar-refractivity contribution < 1.29 is 0 Å². The summed E-state index contributed by atoms with van der Waals surface area (Å²) in [7, 11) is 4.30. The number of hydrogen-bond donors (Lipinski definition) is 1. The molecule has 2 atom stereocenters. The second-order valence-corrected chi connectivity index (χ2v) is 6.33. The zero-order chi connectivity index (χ0) is 15.1. The Kier molecular flexibility index (Phi) is 7.25. The van der Waals surface area contributed by atoms with Crippen LogP contribution in [0.5, 0.6) is 0 Å². The second-order valence-electron chi connectivity index (χ2n) is 6.33. The highest BCUT2D eigenvalue weighted by Gasteiger charge is 2.12. The molecule has 0 bridgehead atoms. The average Bonchev–Trinajstić information content (AvgIpc) is 2.38. The smallest absolute Gasteiger partial charge is 0.0329 e. The van der Waals surface area contributed by atoms with Gasteiger partial charge in [0.05, 0.1) is 0 Å². The molecule has 2 unspecified atom stereocenters. The largest absolute Gasteiger partial charge is 0.313 e. The van der Waals surface area contributed by atoms with Gasteiger partial charge in [0.1, 0.15) is 0 Å². The summed E-state index contributed by atoms with van der Waals surface area (Å²) in [5.74, 6) is 0.786. The van der Waals surface area contributed by atoms with Gasteiger partial charge < -0.3 is 10.2 Å². The molecule has 0 radical (unpaired) electrons. The first-order chi connectivity index (χ1) is 9.46. The Morgan fingerprint density at radius 3 is 2.25 bits per heavy atom. The lowest BCUT2D eigenvalue weighted by Gasteiger charge is -2.24. The first kappa shape index (κ1) is 17.2. The number of aryl methyl sites for hydroxylation is 2. The van der Waals surface area contributed by atoms with Gasteiger partial charge in [-0.2, -0.15) is 0 Å². The van der Waals surface area contributed by atoms with Crippen molar-refractivity contribution in [2.45, 2.75) is 46.6 Å². The maximum absolute atomic E-state index is 3.47. The van der Waals surface area contributed by atoms with Crippen molar-refractivity contribution in [2.75, 3.05) is 27.2 Å². The molecule has 0 aliphatic rings. The molecule has 0 heterocycles. The Labute approximate surface area is 125 Å². The van der Waals surface area contributed by atoms with Gasteiger partial charge >= 0.3 is 0 Å². The topological polar surface area (TPSA) is 15.3 Å². The van der Waals surface area contributed by atoms with Crippen LogP contribution in [0.3, 0.4) is 0 Å². The Morgan fingerprint density at radius 2 is 1.75 bits per heavy atom. The van der Waals surface area contributed by atoms with E-state index in [2.05, 4.69) is 70.2 Å². The molecule has 0 aliphatic carbocycles. The number of benzene rings is 1. The molecule has 0 aliphatic heterocycles. The van der Waals surface area contributed by atoms with Crippen molar-refractivity contribution in [1.29, 1.82) is 0 Å². The average molecular weight is 276 g/mol. The van der Waals surface area contributed by atoms with Crippen LogP contribution >= 0.6 is 0 Å². The monoisotopic (exact) mass is 276 g/mol. The van der Waals surface area contributed by atoms with E-state index in [9.17, 15) is 0 Å². The molecule has 0 fully saturated rings. The molecule has 1 rings (SSSR count). The van der Waals surface area contributed by atoms with Gasteiger partial charge in [-0.3, -0.25) is 0 Å². The van der Waals surface area contributed by atoms with Crippen molar-refractivity contribution in [2.24, 2.45) is 5.92 Å². The first-order valence-corrected chi connectivity index (χ1v) is 7.90. The van der Waals surface area contributed by atoms with Crippen LogP contribution in [0.25, 0.3) is 0 Å². The molecule has 20 heavy (non-hydrogen) atoms. The molecule has 1 N–H and O–H groups in total. The predicted octanol–water partition coefficient (Wildman–Crippen LogP) is 3.93. The van der Waals surface area contributed by atoms with Gasteiger partial charge in [0.2, 0.25) is 0 Å². The minimum Gasteiger partial charge on any atom is -0.313 e. The van der Waals surface area contributed by atoms with E-state index in [-0.39, 0.29) is 0 Å². The van der Waals surface area contributed by atoms with E-state index < -0.39 is 0 Å². The number of nitrogens with one attached hydrogen (secondary N) is 1. The number of nitrogens with zero attached hydrogens (tertiary/aromatic N) is 1. The maximum atomic E-state index is 3.47. The Balaban J connectivity index is 2.58. The summed E-state index contributed by atoms with van der Waals surface area (Å²) >= 11 is 0. The van der Waals surface area contributed by atoms with E-state index in [1.165, 1.54) is 29.7 Å². The molecular formula is C18H32N2. The summed E-state index contributed by atoms with van der Waals surface area (Å²) in [4.78, 5) is 2.46. The molecule has 1 aromatic rings. The third-order valence-corrected chi connectivity index (χ3v) is 4.11. The molecule has 0 saturated heterocycles. The summed E-state index contributed by atoms with van der Waals surface area (Å²) in [5, 5.41) is 3.47. The fourth-order valence-corrected chi connectivity index (χ4v) is 2.79. The Bertz CT molecular complexity index is 380. The van der Waals surface area contributed by atoms with Crippen LogP contribution < -0.4 is 5.32 Å². The van der Waals surface area contributed by atoms with E-state index in [1.807, 2.05) is 0 Å². The fourth-order valence-electron chi connectivity index (χ4n) is 2.79. The van der Waals surface area contributed by atoms with Crippen molar-refractivity contribution in [3.8, 4) is 0 Å². The summed E-state index contributed by atoms with van der Waals surface area (Å²) in [6.07, 6.45) is 2.42. The van der Waals surface area contributed by atoms with E-state index in [1.54, 1.807) is 0 Å². The first-order valence-electron chi connectivity index (χ1n) is 7.90. The van der Waals surface area contributed by atoms with Gasteiger partial charge in [0.25, 0.3) is 0 Å². The SMILES string of the molecule is CCC(C)CN(C)CCC(NC)c1cc(C)cc(C)c1. The normalized spacial score (nSPS) is 14.6. The molecular weight excluding hydrogens is 244 g/mol. The summed E-state index contributed by atoms with van der Waals surface area (Å²) < 4.78 is 0. The maximum Gasteiger partial charge on any atom is 0.0329 e. The van der Waals surface area contributed by atoms with E-state index in [0.717, 1.165) is 18.9 Å².